The van der Waals surface area contributed by atoms with Crippen molar-refractivity contribution < 1.29 is 26.3 Å². The minimum Gasteiger partial charge on any atom is -0.241 e. The normalized spacial score (nSPS) is 12.1. The standard InChI is InChI=1S/C20H14ClF6N3/c1-12-7-16(5-6-17(12)21)30(20(25,26)27)18-10-15(28-11-29-18)9-13-3-2-4-14(8-13)19(22,23)24/h2-8,10-11H,9H2,1H3. The third-order valence-electron chi connectivity index (χ3n) is 4.23. The van der Waals surface area contributed by atoms with Crippen molar-refractivity contribution in [1.82, 2.24) is 9.97 Å². The van der Waals surface area contributed by atoms with Gasteiger partial charge in [0.2, 0.25) is 0 Å². The molecule has 3 rings (SSSR count). The zero-order chi connectivity index (χ0) is 22.1. The maximum atomic E-state index is 13.8. The van der Waals surface area contributed by atoms with Gasteiger partial charge in [0.15, 0.2) is 0 Å². The van der Waals surface area contributed by atoms with Crippen LogP contribution in [-0.2, 0) is 12.6 Å². The van der Waals surface area contributed by atoms with E-state index in [1.807, 2.05) is 0 Å². The summed E-state index contributed by atoms with van der Waals surface area (Å²) >= 11 is 5.90. The van der Waals surface area contributed by atoms with Gasteiger partial charge in [0, 0.05) is 17.5 Å². The minimum absolute atomic E-state index is 0.0631. The molecule has 0 aliphatic carbocycles. The lowest BCUT2D eigenvalue weighted by molar-refractivity contribution is -0.137. The van der Waals surface area contributed by atoms with Gasteiger partial charge in [0.05, 0.1) is 16.9 Å². The molecule has 0 spiro atoms. The molecule has 0 atom stereocenters. The van der Waals surface area contributed by atoms with E-state index in [-0.39, 0.29) is 28.3 Å². The molecule has 1 heterocycles. The molecule has 0 amide bonds. The van der Waals surface area contributed by atoms with Gasteiger partial charge in [-0.15, -0.1) is 13.2 Å². The van der Waals surface area contributed by atoms with Crippen molar-refractivity contribution in [2.24, 2.45) is 0 Å². The molecular formula is C20H14ClF6N3. The second-order valence-corrected chi connectivity index (χ2v) is 6.89. The zero-order valence-electron chi connectivity index (χ0n) is 15.4. The second kappa shape index (κ2) is 8.14. The predicted octanol–water partition coefficient (Wildman–Crippen LogP) is 6.71. The lowest BCUT2D eigenvalue weighted by Crippen LogP contribution is -2.34. The predicted molar refractivity (Wildman–Crippen MR) is 101 cm³/mol. The SMILES string of the molecule is Cc1cc(N(c2cc(Cc3cccc(C(F)(F)F)c3)ncn2)C(F)(F)F)ccc1Cl. The number of hydrogen-bond acceptors (Lipinski definition) is 3. The average molecular weight is 446 g/mol. The molecule has 3 aromatic rings. The first-order valence-corrected chi connectivity index (χ1v) is 8.93. The largest absolute Gasteiger partial charge is 0.490 e. The van der Waals surface area contributed by atoms with Gasteiger partial charge in [-0.1, -0.05) is 29.8 Å². The van der Waals surface area contributed by atoms with Crippen LogP contribution in [0.15, 0.2) is 54.9 Å². The van der Waals surface area contributed by atoms with Crippen LogP contribution in [-0.4, -0.2) is 16.3 Å². The first-order valence-electron chi connectivity index (χ1n) is 8.55. The monoisotopic (exact) mass is 445 g/mol. The Balaban J connectivity index is 1.97. The average Bonchev–Trinajstić information content (AvgIpc) is 2.64. The molecule has 30 heavy (non-hydrogen) atoms. The molecule has 0 saturated carbocycles. The molecular weight excluding hydrogens is 432 g/mol. The number of aromatic nitrogens is 2. The molecule has 0 radical (unpaired) electrons. The van der Waals surface area contributed by atoms with E-state index in [2.05, 4.69) is 9.97 Å². The fourth-order valence-corrected chi connectivity index (χ4v) is 2.97. The molecule has 0 fully saturated rings. The maximum Gasteiger partial charge on any atom is 0.490 e. The van der Waals surface area contributed by atoms with Gasteiger partial charge < -0.3 is 0 Å². The van der Waals surface area contributed by atoms with Crippen molar-refractivity contribution >= 4 is 23.1 Å². The quantitative estimate of drug-likeness (QED) is 0.330. The van der Waals surface area contributed by atoms with Crippen molar-refractivity contribution in [2.75, 3.05) is 4.90 Å². The molecule has 0 unspecified atom stereocenters. The number of hydrogen-bond donors (Lipinski definition) is 0. The summed E-state index contributed by atoms with van der Waals surface area (Å²) in [6, 6.07) is 9.45. The first kappa shape index (κ1) is 21.9. The van der Waals surface area contributed by atoms with E-state index in [1.165, 1.54) is 30.3 Å². The number of halogens is 7. The number of aryl methyl sites for hydroxylation is 1. The van der Waals surface area contributed by atoms with E-state index < -0.39 is 23.9 Å². The number of alkyl halides is 6. The Hall–Kier alpha value is -2.81. The van der Waals surface area contributed by atoms with E-state index in [4.69, 9.17) is 11.6 Å². The second-order valence-electron chi connectivity index (χ2n) is 6.48. The summed E-state index contributed by atoms with van der Waals surface area (Å²) < 4.78 is 80.0. The Morgan fingerprint density at radius 2 is 1.67 bits per heavy atom. The lowest BCUT2D eigenvalue weighted by Gasteiger charge is -2.26. The van der Waals surface area contributed by atoms with Crippen molar-refractivity contribution in [3.05, 3.63) is 82.3 Å². The zero-order valence-corrected chi connectivity index (χ0v) is 16.1. The van der Waals surface area contributed by atoms with Crippen LogP contribution in [0.25, 0.3) is 0 Å². The summed E-state index contributed by atoms with van der Waals surface area (Å²) in [5.74, 6) is -0.457. The summed E-state index contributed by atoms with van der Waals surface area (Å²) in [6.45, 7) is 1.57. The van der Waals surface area contributed by atoms with Gasteiger partial charge >= 0.3 is 12.5 Å². The number of rotatable bonds is 4. The molecule has 3 nitrogen and oxygen atoms in total. The van der Waals surface area contributed by atoms with Crippen molar-refractivity contribution in [3.63, 3.8) is 0 Å². The lowest BCUT2D eigenvalue weighted by atomic mass is 10.1. The Morgan fingerprint density at radius 3 is 2.30 bits per heavy atom. The van der Waals surface area contributed by atoms with Crippen molar-refractivity contribution in [2.45, 2.75) is 25.8 Å². The summed E-state index contributed by atoms with van der Waals surface area (Å²) in [5.41, 5.74) is -0.202. The Labute approximate surface area is 173 Å². The highest BCUT2D eigenvalue weighted by molar-refractivity contribution is 6.31. The van der Waals surface area contributed by atoms with Crippen LogP contribution in [0.2, 0.25) is 5.02 Å². The highest BCUT2D eigenvalue weighted by atomic mass is 35.5. The molecule has 1 aromatic heterocycles. The third kappa shape index (κ3) is 5.02. The van der Waals surface area contributed by atoms with E-state index in [1.54, 1.807) is 6.92 Å². The number of benzene rings is 2. The van der Waals surface area contributed by atoms with E-state index >= 15 is 0 Å². The van der Waals surface area contributed by atoms with Gasteiger partial charge in [-0.3, -0.25) is 0 Å². The van der Waals surface area contributed by atoms with Crippen LogP contribution < -0.4 is 4.90 Å². The number of nitrogens with zero attached hydrogens (tertiary/aromatic N) is 3. The molecule has 2 aromatic carbocycles. The van der Waals surface area contributed by atoms with Crippen LogP contribution >= 0.6 is 11.6 Å². The van der Waals surface area contributed by atoms with Crippen LogP contribution in [0, 0.1) is 6.92 Å². The van der Waals surface area contributed by atoms with Crippen LogP contribution in [0.4, 0.5) is 37.8 Å². The molecule has 10 heteroatoms. The maximum absolute atomic E-state index is 13.8. The highest BCUT2D eigenvalue weighted by Crippen LogP contribution is 2.37. The molecule has 0 bridgehead atoms. The molecule has 0 aliphatic rings. The van der Waals surface area contributed by atoms with E-state index in [0.29, 0.717) is 10.6 Å². The molecule has 0 saturated heterocycles. The summed E-state index contributed by atoms with van der Waals surface area (Å²) in [6.07, 6.45) is -8.47. The van der Waals surface area contributed by atoms with Gasteiger partial charge in [0.25, 0.3) is 0 Å². The molecule has 0 N–H and O–H groups in total. The fourth-order valence-electron chi connectivity index (χ4n) is 2.85. The Morgan fingerprint density at radius 1 is 0.933 bits per heavy atom. The highest BCUT2D eigenvalue weighted by Gasteiger charge is 2.40. The molecule has 158 valence electrons. The van der Waals surface area contributed by atoms with Crippen molar-refractivity contribution in [3.8, 4) is 0 Å². The Kier molecular flexibility index (Phi) is 5.94. The summed E-state index contributed by atoms with van der Waals surface area (Å²) in [7, 11) is 0. The topological polar surface area (TPSA) is 29.0 Å². The minimum atomic E-state index is -4.80. The third-order valence-corrected chi connectivity index (χ3v) is 4.66. The number of anilines is 2. The first-order chi connectivity index (χ1) is 13.9. The van der Waals surface area contributed by atoms with Gasteiger partial charge in [-0.25, -0.2) is 14.9 Å². The van der Waals surface area contributed by atoms with E-state index in [9.17, 15) is 26.3 Å². The van der Waals surface area contributed by atoms with Gasteiger partial charge in [0.1, 0.15) is 12.1 Å². The van der Waals surface area contributed by atoms with Crippen LogP contribution in [0.5, 0.6) is 0 Å². The van der Waals surface area contributed by atoms with Crippen LogP contribution in [0.1, 0.15) is 22.4 Å². The van der Waals surface area contributed by atoms with Crippen LogP contribution in [0.3, 0.4) is 0 Å². The smallest absolute Gasteiger partial charge is 0.241 e. The van der Waals surface area contributed by atoms with Crippen molar-refractivity contribution in [1.29, 1.82) is 0 Å². The fraction of sp³-hybridized carbons (Fsp3) is 0.200. The summed E-state index contributed by atoms with van der Waals surface area (Å²) in [4.78, 5) is 7.69. The van der Waals surface area contributed by atoms with Gasteiger partial charge in [-0.05, 0) is 42.3 Å². The molecule has 0 aliphatic heterocycles. The summed E-state index contributed by atoms with van der Waals surface area (Å²) in [5, 5.41) is 0.314. The Bertz CT molecular complexity index is 1050. The van der Waals surface area contributed by atoms with E-state index in [0.717, 1.165) is 24.5 Å². The van der Waals surface area contributed by atoms with Gasteiger partial charge in [-0.2, -0.15) is 13.2 Å².